The lowest BCUT2D eigenvalue weighted by molar-refractivity contribution is -0.142. The van der Waals surface area contributed by atoms with Crippen LogP contribution in [0.25, 0.3) is 0 Å². The number of carboxylic acids is 2. The Balaban J connectivity index is 2.09. The number of H-pyrrole nitrogens is 1. The second-order valence-electron chi connectivity index (χ2n) is 11.8. The third-order valence-corrected chi connectivity index (χ3v) is 7.07. The average Bonchev–Trinajstić information content (AvgIpc) is 3.52. The number of benzene rings is 1. The smallest absolute Gasteiger partial charge is 0.326 e. The number of nitrogens with two attached hydrogens (primary N) is 1. The van der Waals surface area contributed by atoms with Crippen LogP contribution in [0.15, 0.2) is 42.9 Å². The van der Waals surface area contributed by atoms with Crippen LogP contribution in [0.5, 0.6) is 0 Å². The minimum absolute atomic E-state index is 0.0300. The van der Waals surface area contributed by atoms with Gasteiger partial charge in [0.15, 0.2) is 0 Å². The molecule has 0 bridgehead atoms. The number of carbonyl (C=O) groups is 7. The number of hydrogen-bond donors (Lipinski definition) is 9. The van der Waals surface area contributed by atoms with Gasteiger partial charge in [0.2, 0.25) is 29.5 Å². The highest BCUT2D eigenvalue weighted by molar-refractivity contribution is 5.96. The Morgan fingerprint density at radius 2 is 1.25 bits per heavy atom. The van der Waals surface area contributed by atoms with Crippen LogP contribution in [0.3, 0.4) is 0 Å². The number of nitrogens with zero attached hydrogens (tertiary/aromatic N) is 1. The molecule has 2 rings (SSSR count). The van der Waals surface area contributed by atoms with E-state index in [2.05, 4.69) is 36.6 Å². The third kappa shape index (κ3) is 13.2. The molecule has 17 nitrogen and oxygen atoms in total. The number of hydrogen-bond acceptors (Lipinski definition) is 9. The summed E-state index contributed by atoms with van der Waals surface area (Å²) in [6, 6.07) is 1.29. The number of aromatic nitrogens is 2. The van der Waals surface area contributed by atoms with Gasteiger partial charge in [0.05, 0.1) is 24.5 Å². The van der Waals surface area contributed by atoms with E-state index in [4.69, 9.17) is 10.8 Å². The Hall–Kier alpha value is -5.32. The summed E-state index contributed by atoms with van der Waals surface area (Å²) in [7, 11) is 0. The second kappa shape index (κ2) is 18.7. The highest BCUT2D eigenvalue weighted by atomic mass is 16.4. The highest BCUT2D eigenvalue weighted by Gasteiger charge is 2.31. The minimum Gasteiger partial charge on any atom is -0.481 e. The van der Waals surface area contributed by atoms with Gasteiger partial charge in [-0.05, 0) is 31.7 Å². The highest BCUT2D eigenvalue weighted by Crippen LogP contribution is 2.08. The summed E-state index contributed by atoms with van der Waals surface area (Å²) in [6.07, 6.45) is 2.27. The molecule has 17 heteroatoms. The number of aromatic amines is 1. The van der Waals surface area contributed by atoms with Crippen LogP contribution in [0.4, 0.5) is 0 Å². The Morgan fingerprint density at radius 3 is 1.79 bits per heavy atom. The van der Waals surface area contributed by atoms with Crippen LogP contribution in [-0.4, -0.2) is 97.9 Å². The predicted molar refractivity (Wildman–Crippen MR) is 171 cm³/mol. The van der Waals surface area contributed by atoms with Crippen LogP contribution < -0.4 is 32.3 Å². The van der Waals surface area contributed by atoms with Crippen molar-refractivity contribution in [2.24, 2.45) is 11.7 Å². The van der Waals surface area contributed by atoms with Gasteiger partial charge in [-0.2, -0.15) is 0 Å². The van der Waals surface area contributed by atoms with Crippen molar-refractivity contribution in [3.63, 3.8) is 0 Å². The number of imidazole rings is 1. The lowest BCUT2D eigenvalue weighted by Crippen LogP contribution is -2.58. The Bertz CT molecular complexity index is 1420. The number of carboxylic acid groups (broad SMARTS) is 2. The van der Waals surface area contributed by atoms with Crippen LogP contribution in [0.1, 0.15) is 51.8 Å². The molecule has 0 saturated heterocycles. The zero-order chi connectivity index (χ0) is 36.0. The molecule has 0 radical (unpaired) electrons. The summed E-state index contributed by atoms with van der Waals surface area (Å²) in [5.74, 6) is -6.49. The molecule has 1 heterocycles. The zero-order valence-corrected chi connectivity index (χ0v) is 27.2. The largest absolute Gasteiger partial charge is 0.481 e. The first-order chi connectivity index (χ1) is 22.6. The summed E-state index contributed by atoms with van der Waals surface area (Å²) in [5, 5.41) is 30.9. The first-order valence-corrected chi connectivity index (χ1v) is 15.3. The molecular weight excluding hydrogens is 628 g/mol. The van der Waals surface area contributed by atoms with E-state index < -0.39 is 84.1 Å². The SMILES string of the molecule is CC(C)C[C@H](NC(=O)[C@H](Cc1ccccc1)NC(=O)[C@H](C)NC(=O)[C@H](C)NC(=O)[C@H](Cc1c[nH]cn1)NC(=O)[C@@H](N)CC(=O)O)C(=O)O. The van der Waals surface area contributed by atoms with Crippen molar-refractivity contribution in [3.05, 3.63) is 54.1 Å². The lowest BCUT2D eigenvalue weighted by Gasteiger charge is -2.25. The third-order valence-electron chi connectivity index (χ3n) is 7.07. The van der Waals surface area contributed by atoms with E-state index in [0.717, 1.165) is 0 Å². The summed E-state index contributed by atoms with van der Waals surface area (Å²) in [4.78, 5) is 94.4. The molecular formula is C31H44N8O9. The summed E-state index contributed by atoms with van der Waals surface area (Å²) < 4.78 is 0. The van der Waals surface area contributed by atoms with E-state index in [0.29, 0.717) is 11.3 Å². The number of nitrogens with one attached hydrogen (secondary N) is 6. The van der Waals surface area contributed by atoms with Crippen molar-refractivity contribution < 1.29 is 43.8 Å². The van der Waals surface area contributed by atoms with Gasteiger partial charge in [-0.3, -0.25) is 28.8 Å². The van der Waals surface area contributed by atoms with Crippen molar-refractivity contribution in [1.29, 1.82) is 0 Å². The van der Waals surface area contributed by atoms with Gasteiger partial charge >= 0.3 is 11.9 Å². The fraction of sp³-hybridized carbons (Fsp3) is 0.484. The predicted octanol–water partition coefficient (Wildman–Crippen LogP) is -1.41. The molecule has 10 N–H and O–H groups in total. The maximum Gasteiger partial charge on any atom is 0.326 e. The molecule has 0 saturated carbocycles. The summed E-state index contributed by atoms with van der Waals surface area (Å²) in [5.41, 5.74) is 6.71. The summed E-state index contributed by atoms with van der Waals surface area (Å²) >= 11 is 0. The standard InChI is InChI=1S/C31H44N8O9/c1-16(2)10-24(31(47)48)39-30(46)22(11-19-8-6-5-7-9-19)37-27(43)18(4)35-26(42)17(3)36-29(45)23(12-20-14-33-15-34-20)38-28(44)21(32)13-25(40)41/h5-9,14-18,21-24H,10-13,32H2,1-4H3,(H,33,34)(H,35,42)(H,36,45)(H,37,43)(H,38,44)(H,39,46)(H,40,41)(H,47,48)/t17-,18-,21-,22-,23-,24-/m0/s1. The number of aliphatic carboxylic acids is 2. The molecule has 1 aromatic heterocycles. The van der Waals surface area contributed by atoms with Crippen LogP contribution in [0.2, 0.25) is 0 Å². The molecule has 6 atom stereocenters. The van der Waals surface area contributed by atoms with Crippen LogP contribution >= 0.6 is 0 Å². The molecule has 0 aliphatic carbocycles. The zero-order valence-electron chi connectivity index (χ0n) is 27.2. The normalized spacial score (nSPS) is 14.7. The van der Waals surface area contributed by atoms with Gasteiger partial charge < -0.3 is 47.5 Å². The first kappa shape index (κ1) is 38.9. The van der Waals surface area contributed by atoms with Gasteiger partial charge in [0, 0.05) is 19.0 Å². The molecule has 0 aliphatic heterocycles. The van der Waals surface area contributed by atoms with Crippen molar-refractivity contribution in [1.82, 2.24) is 36.6 Å². The average molecular weight is 673 g/mol. The summed E-state index contributed by atoms with van der Waals surface area (Å²) in [6.45, 7) is 6.33. The van der Waals surface area contributed by atoms with Crippen molar-refractivity contribution >= 4 is 41.5 Å². The lowest BCUT2D eigenvalue weighted by atomic mass is 10.0. The maximum absolute atomic E-state index is 13.2. The van der Waals surface area contributed by atoms with Crippen molar-refractivity contribution in [3.8, 4) is 0 Å². The van der Waals surface area contributed by atoms with Crippen molar-refractivity contribution in [2.75, 3.05) is 0 Å². The van der Waals surface area contributed by atoms with Gasteiger partial charge in [0.1, 0.15) is 30.2 Å². The fourth-order valence-electron chi connectivity index (χ4n) is 4.48. The molecule has 5 amide bonds. The molecule has 0 aliphatic rings. The number of rotatable bonds is 19. The number of carbonyl (C=O) groups excluding carboxylic acids is 5. The van der Waals surface area contributed by atoms with E-state index in [-0.39, 0.29) is 25.2 Å². The maximum atomic E-state index is 13.2. The van der Waals surface area contributed by atoms with Gasteiger partial charge in [-0.1, -0.05) is 44.2 Å². The molecule has 262 valence electrons. The Kier molecular flexibility index (Phi) is 15.2. The molecule has 0 spiro atoms. The van der Waals surface area contributed by atoms with Gasteiger partial charge in [-0.25, -0.2) is 9.78 Å². The molecule has 1 aromatic carbocycles. The van der Waals surface area contributed by atoms with E-state index in [1.807, 2.05) is 13.8 Å². The van der Waals surface area contributed by atoms with Crippen LogP contribution in [-0.2, 0) is 46.4 Å². The minimum atomic E-state index is -1.44. The van der Waals surface area contributed by atoms with E-state index in [9.17, 15) is 38.7 Å². The van der Waals surface area contributed by atoms with E-state index >= 15 is 0 Å². The second-order valence-corrected chi connectivity index (χ2v) is 11.8. The van der Waals surface area contributed by atoms with Crippen molar-refractivity contribution in [2.45, 2.75) is 89.6 Å². The first-order valence-electron chi connectivity index (χ1n) is 15.3. The molecule has 2 aromatic rings. The van der Waals surface area contributed by atoms with Gasteiger partial charge in [-0.15, -0.1) is 0 Å². The molecule has 48 heavy (non-hydrogen) atoms. The Labute approximate surface area is 277 Å². The quantitative estimate of drug-likeness (QED) is 0.0836. The number of amides is 5. The van der Waals surface area contributed by atoms with Crippen LogP contribution in [0, 0.1) is 5.92 Å². The molecule has 0 fully saturated rings. The van der Waals surface area contributed by atoms with Gasteiger partial charge in [0.25, 0.3) is 0 Å². The van der Waals surface area contributed by atoms with E-state index in [1.54, 1.807) is 30.3 Å². The monoisotopic (exact) mass is 672 g/mol. The fourth-order valence-corrected chi connectivity index (χ4v) is 4.48. The van der Waals surface area contributed by atoms with E-state index in [1.165, 1.54) is 26.4 Å². The molecule has 0 unspecified atom stereocenters. The Morgan fingerprint density at radius 1 is 0.729 bits per heavy atom. The topological polar surface area (TPSA) is 275 Å².